The van der Waals surface area contributed by atoms with Crippen molar-refractivity contribution in [3.8, 4) is 5.75 Å². The summed E-state index contributed by atoms with van der Waals surface area (Å²) in [7, 11) is 0. The van der Waals surface area contributed by atoms with Crippen molar-refractivity contribution >= 4 is 5.82 Å². The van der Waals surface area contributed by atoms with Gasteiger partial charge in [0.1, 0.15) is 18.2 Å². The largest absolute Gasteiger partial charge is 0.486 e. The Balaban J connectivity index is 1.76. The lowest BCUT2D eigenvalue weighted by Gasteiger charge is -2.08. The monoisotopic (exact) mass is 241 g/mol. The van der Waals surface area contributed by atoms with Gasteiger partial charge in [0.15, 0.2) is 5.82 Å². The molecule has 1 aliphatic rings. The van der Waals surface area contributed by atoms with E-state index in [1.165, 1.54) is 0 Å². The summed E-state index contributed by atoms with van der Waals surface area (Å²) in [5.74, 6) is 2.10. The van der Waals surface area contributed by atoms with Crippen molar-refractivity contribution in [2.75, 3.05) is 5.73 Å². The topological polar surface area (TPSA) is 61.0 Å². The average Bonchev–Trinajstić information content (AvgIpc) is 2.86. The molecule has 0 fully saturated rings. The highest BCUT2D eigenvalue weighted by molar-refractivity contribution is 5.44. The summed E-state index contributed by atoms with van der Waals surface area (Å²) in [4.78, 5) is 8.81. The lowest BCUT2D eigenvalue weighted by atomic mass is 10.2. The van der Waals surface area contributed by atoms with Crippen molar-refractivity contribution in [2.24, 2.45) is 0 Å². The van der Waals surface area contributed by atoms with Gasteiger partial charge in [0.25, 0.3) is 0 Å². The molecule has 4 nitrogen and oxygen atoms in total. The molecule has 0 saturated carbocycles. The first kappa shape index (κ1) is 11.0. The number of benzene rings is 1. The molecule has 4 heteroatoms. The Morgan fingerprint density at radius 2 is 1.94 bits per heavy atom. The van der Waals surface area contributed by atoms with E-state index in [9.17, 15) is 0 Å². The maximum atomic E-state index is 5.94. The van der Waals surface area contributed by atoms with E-state index >= 15 is 0 Å². The Hall–Kier alpha value is -2.10. The normalized spacial score (nSPS) is 13.3. The molecule has 3 rings (SSSR count). The van der Waals surface area contributed by atoms with Crippen LogP contribution in [0.5, 0.6) is 5.75 Å². The number of ether oxygens (including phenoxy) is 1. The van der Waals surface area contributed by atoms with Gasteiger partial charge >= 0.3 is 0 Å². The van der Waals surface area contributed by atoms with Crippen LogP contribution in [0.2, 0.25) is 0 Å². The Morgan fingerprint density at radius 3 is 2.78 bits per heavy atom. The van der Waals surface area contributed by atoms with Crippen LogP contribution in [0.25, 0.3) is 0 Å². The zero-order valence-electron chi connectivity index (χ0n) is 10.1. The van der Waals surface area contributed by atoms with Gasteiger partial charge < -0.3 is 10.5 Å². The van der Waals surface area contributed by atoms with Crippen LogP contribution in [-0.4, -0.2) is 9.97 Å². The molecule has 0 aliphatic heterocycles. The second kappa shape index (κ2) is 4.64. The predicted octanol–water partition coefficient (Wildman–Crippen LogP) is 2.13. The molecule has 0 amide bonds. The summed E-state index contributed by atoms with van der Waals surface area (Å²) in [5.41, 5.74) is 8.15. The first-order valence-corrected chi connectivity index (χ1v) is 6.15. The van der Waals surface area contributed by atoms with Crippen molar-refractivity contribution < 1.29 is 4.74 Å². The predicted molar refractivity (Wildman–Crippen MR) is 69.2 cm³/mol. The molecule has 1 aromatic carbocycles. The minimum atomic E-state index is 0.363. The van der Waals surface area contributed by atoms with Gasteiger partial charge in [0.2, 0.25) is 0 Å². The molecule has 18 heavy (non-hydrogen) atoms. The van der Waals surface area contributed by atoms with Crippen LogP contribution >= 0.6 is 0 Å². The highest BCUT2D eigenvalue weighted by atomic mass is 16.5. The highest BCUT2D eigenvalue weighted by Crippen LogP contribution is 2.24. The fourth-order valence-electron chi connectivity index (χ4n) is 2.24. The van der Waals surface area contributed by atoms with E-state index in [2.05, 4.69) is 9.97 Å². The Kier molecular flexibility index (Phi) is 2.84. The van der Waals surface area contributed by atoms with Gasteiger partial charge in [-0.1, -0.05) is 18.2 Å². The number of hydrogen-bond acceptors (Lipinski definition) is 4. The van der Waals surface area contributed by atoms with Gasteiger partial charge in [0.05, 0.1) is 0 Å². The number of rotatable bonds is 3. The minimum absolute atomic E-state index is 0.363. The van der Waals surface area contributed by atoms with Crippen LogP contribution in [-0.2, 0) is 19.4 Å². The van der Waals surface area contributed by atoms with Crippen LogP contribution in [0.3, 0.4) is 0 Å². The van der Waals surface area contributed by atoms with Crippen molar-refractivity contribution in [1.29, 1.82) is 0 Å². The number of nitrogens with zero attached hydrogens (tertiary/aromatic N) is 2. The summed E-state index contributed by atoms with van der Waals surface area (Å²) in [6.45, 7) is 0.363. The molecular formula is C14H15N3O. The first-order valence-electron chi connectivity index (χ1n) is 6.15. The summed E-state index contributed by atoms with van der Waals surface area (Å²) in [6, 6.07) is 9.66. The number of nitrogens with two attached hydrogens (primary N) is 1. The first-order chi connectivity index (χ1) is 8.83. The minimum Gasteiger partial charge on any atom is -0.486 e. The maximum absolute atomic E-state index is 5.94. The number of para-hydroxylation sites is 1. The molecule has 1 aliphatic carbocycles. The number of nitrogen functional groups attached to an aromatic ring is 1. The van der Waals surface area contributed by atoms with Gasteiger partial charge in [-0.2, -0.15) is 0 Å². The Bertz CT molecular complexity index is 554. The van der Waals surface area contributed by atoms with Crippen LogP contribution < -0.4 is 10.5 Å². The van der Waals surface area contributed by atoms with E-state index in [4.69, 9.17) is 10.5 Å². The van der Waals surface area contributed by atoms with Crippen LogP contribution in [0.1, 0.15) is 23.5 Å². The average molecular weight is 241 g/mol. The number of hydrogen-bond donors (Lipinski definition) is 1. The summed E-state index contributed by atoms with van der Waals surface area (Å²) < 4.78 is 5.63. The van der Waals surface area contributed by atoms with Crippen LogP contribution in [0, 0.1) is 0 Å². The maximum Gasteiger partial charge on any atom is 0.168 e. The van der Waals surface area contributed by atoms with Gasteiger partial charge in [-0.3, -0.25) is 0 Å². The number of anilines is 1. The van der Waals surface area contributed by atoms with Crippen molar-refractivity contribution in [2.45, 2.75) is 25.9 Å². The highest BCUT2D eigenvalue weighted by Gasteiger charge is 2.17. The van der Waals surface area contributed by atoms with Crippen LogP contribution in [0.4, 0.5) is 5.82 Å². The van der Waals surface area contributed by atoms with Crippen molar-refractivity contribution in [3.05, 3.63) is 47.4 Å². The summed E-state index contributed by atoms with van der Waals surface area (Å²) >= 11 is 0. The third kappa shape index (κ3) is 2.14. The second-order valence-electron chi connectivity index (χ2n) is 4.41. The molecule has 2 N–H and O–H groups in total. The Labute approximate surface area is 106 Å². The molecule has 0 spiro atoms. The van der Waals surface area contributed by atoms with E-state index < -0.39 is 0 Å². The molecule has 2 aromatic rings. The van der Waals surface area contributed by atoms with Gasteiger partial charge in [-0.25, -0.2) is 9.97 Å². The number of aromatic nitrogens is 2. The third-order valence-corrected chi connectivity index (χ3v) is 3.12. The van der Waals surface area contributed by atoms with Gasteiger partial charge in [-0.15, -0.1) is 0 Å². The zero-order chi connectivity index (χ0) is 12.4. The van der Waals surface area contributed by atoms with E-state index in [0.717, 1.165) is 36.3 Å². The Morgan fingerprint density at radius 1 is 1.11 bits per heavy atom. The summed E-state index contributed by atoms with van der Waals surface area (Å²) in [5, 5.41) is 0. The lowest BCUT2D eigenvalue weighted by Crippen LogP contribution is -2.08. The third-order valence-electron chi connectivity index (χ3n) is 3.12. The molecular weight excluding hydrogens is 226 g/mol. The molecule has 0 atom stereocenters. The molecule has 1 aromatic heterocycles. The quantitative estimate of drug-likeness (QED) is 0.894. The zero-order valence-corrected chi connectivity index (χ0v) is 10.1. The van der Waals surface area contributed by atoms with Gasteiger partial charge in [0, 0.05) is 11.3 Å². The molecule has 0 bridgehead atoms. The van der Waals surface area contributed by atoms with E-state index in [1.54, 1.807) is 0 Å². The fourth-order valence-corrected chi connectivity index (χ4v) is 2.24. The van der Waals surface area contributed by atoms with Crippen LogP contribution in [0.15, 0.2) is 30.3 Å². The van der Waals surface area contributed by atoms with Gasteiger partial charge in [-0.05, 0) is 31.4 Å². The smallest absolute Gasteiger partial charge is 0.168 e. The summed E-state index contributed by atoms with van der Waals surface area (Å²) in [6.07, 6.45) is 3.12. The van der Waals surface area contributed by atoms with Crippen molar-refractivity contribution in [1.82, 2.24) is 9.97 Å². The number of aryl methyl sites for hydroxylation is 1. The molecule has 1 heterocycles. The van der Waals surface area contributed by atoms with Crippen molar-refractivity contribution in [3.63, 3.8) is 0 Å². The SMILES string of the molecule is Nc1nc(COc2ccccc2)nc2c1CCC2. The van der Waals surface area contributed by atoms with E-state index in [-0.39, 0.29) is 0 Å². The molecule has 92 valence electrons. The molecule has 0 unspecified atom stereocenters. The van der Waals surface area contributed by atoms with E-state index in [0.29, 0.717) is 18.2 Å². The fraction of sp³-hybridized carbons (Fsp3) is 0.286. The second-order valence-corrected chi connectivity index (χ2v) is 4.41. The number of fused-ring (bicyclic) bond motifs is 1. The lowest BCUT2D eigenvalue weighted by molar-refractivity contribution is 0.295. The molecule has 0 saturated heterocycles. The standard InChI is InChI=1S/C14H15N3O/c15-14-11-7-4-8-12(11)16-13(17-14)9-18-10-5-2-1-3-6-10/h1-3,5-6H,4,7-9H2,(H2,15,16,17). The van der Waals surface area contributed by atoms with E-state index in [1.807, 2.05) is 30.3 Å². The molecule has 0 radical (unpaired) electrons.